The first-order valence-corrected chi connectivity index (χ1v) is 9.32. The molecule has 1 N–H and O–H groups in total. The third kappa shape index (κ3) is 18.4. The highest BCUT2D eigenvalue weighted by molar-refractivity contribution is 5.01. The Labute approximate surface area is 149 Å². The second-order valence-corrected chi connectivity index (χ2v) is 5.83. The highest BCUT2D eigenvalue weighted by Crippen LogP contribution is 2.06. The lowest BCUT2D eigenvalue weighted by atomic mass is 10.1. The van der Waals surface area contributed by atoms with Crippen LogP contribution < -0.4 is 0 Å². The number of allylic oxidation sites excluding steroid dienone is 11. The van der Waals surface area contributed by atoms with Crippen molar-refractivity contribution in [1.29, 1.82) is 0 Å². The van der Waals surface area contributed by atoms with Gasteiger partial charge in [-0.25, -0.2) is 0 Å². The van der Waals surface area contributed by atoms with Crippen LogP contribution in [0, 0.1) is 0 Å². The monoisotopic (exact) mass is 328 g/mol. The third-order valence-corrected chi connectivity index (χ3v) is 3.54. The average molecular weight is 329 g/mol. The smallest absolute Gasteiger partial charge is 0.0614 e. The van der Waals surface area contributed by atoms with E-state index >= 15 is 0 Å². The first kappa shape index (κ1) is 22.4. The van der Waals surface area contributed by atoms with Gasteiger partial charge >= 0.3 is 0 Å². The third-order valence-electron chi connectivity index (χ3n) is 3.54. The predicted molar refractivity (Wildman–Crippen MR) is 109 cm³/mol. The fraction of sp³-hybridized carbons (Fsp3) is 0.478. The van der Waals surface area contributed by atoms with Gasteiger partial charge in [0.05, 0.1) is 6.61 Å². The lowest BCUT2D eigenvalue weighted by molar-refractivity contribution is 0.341. The Morgan fingerprint density at radius 3 is 1.62 bits per heavy atom. The number of aliphatic hydroxyl groups is 1. The molecule has 0 amide bonds. The summed E-state index contributed by atoms with van der Waals surface area (Å²) >= 11 is 0. The first-order valence-electron chi connectivity index (χ1n) is 9.32. The second kappa shape index (κ2) is 19.4. The minimum atomic E-state index is 0.160. The summed E-state index contributed by atoms with van der Waals surface area (Å²) in [5, 5.41) is 8.77. The molecule has 1 nitrogen and oxygen atoms in total. The predicted octanol–water partition coefficient (Wildman–Crippen LogP) is 6.85. The highest BCUT2D eigenvalue weighted by Gasteiger charge is 1.88. The number of rotatable bonds is 14. The van der Waals surface area contributed by atoms with Gasteiger partial charge in [0.1, 0.15) is 0 Å². The van der Waals surface area contributed by atoms with Crippen molar-refractivity contribution in [1.82, 2.24) is 0 Å². The maximum absolute atomic E-state index is 8.77. The molecule has 0 aromatic heterocycles. The van der Waals surface area contributed by atoms with Gasteiger partial charge in [-0.05, 0) is 58.3 Å². The van der Waals surface area contributed by atoms with E-state index in [0.29, 0.717) is 0 Å². The lowest BCUT2D eigenvalue weighted by Gasteiger charge is -1.97. The molecular weight excluding hydrogens is 292 g/mol. The molecule has 0 heterocycles. The summed E-state index contributed by atoms with van der Waals surface area (Å²) in [6, 6.07) is 0. The van der Waals surface area contributed by atoms with Crippen molar-refractivity contribution in [3.8, 4) is 0 Å². The van der Waals surface area contributed by atoms with Crippen molar-refractivity contribution >= 4 is 0 Å². The fourth-order valence-corrected chi connectivity index (χ4v) is 2.13. The normalized spacial score (nSPS) is 13.7. The molecule has 0 bridgehead atoms. The first-order chi connectivity index (χ1) is 11.8. The Balaban J connectivity index is 3.51. The summed E-state index contributed by atoms with van der Waals surface area (Å²) in [6.07, 6.45) is 32.7. The SMILES string of the molecule is CC/C=C/C/C=C/C/C=C/C/C=C/C/C=C/CCC/C(C)=C/CO. The molecule has 134 valence electrons. The molecule has 0 spiro atoms. The van der Waals surface area contributed by atoms with E-state index in [-0.39, 0.29) is 6.61 Å². The molecule has 0 aliphatic carbocycles. The molecule has 0 saturated heterocycles. The molecule has 0 aromatic rings. The Bertz CT molecular complexity index is 433. The number of unbranched alkanes of at least 4 members (excludes halogenated alkanes) is 1. The Hall–Kier alpha value is -1.60. The Kier molecular flexibility index (Phi) is 18.2. The van der Waals surface area contributed by atoms with E-state index in [1.807, 2.05) is 6.08 Å². The molecular formula is C23H36O. The minimum Gasteiger partial charge on any atom is -0.392 e. The number of hydrogen-bond donors (Lipinski definition) is 1. The van der Waals surface area contributed by atoms with Crippen LogP contribution in [-0.4, -0.2) is 11.7 Å². The van der Waals surface area contributed by atoms with Crippen LogP contribution in [0.25, 0.3) is 0 Å². The molecule has 0 radical (unpaired) electrons. The fourth-order valence-electron chi connectivity index (χ4n) is 2.13. The zero-order valence-corrected chi connectivity index (χ0v) is 15.7. The standard InChI is InChI=1S/C23H36O/c1-3-4-5-6-7-8-9-10-11-12-13-14-15-16-17-18-19-20-23(2)21-22-24/h4-5,7-8,10-11,13-14,16-17,21,24H,3,6,9,12,15,18-20,22H2,1-2H3/b5-4+,8-7+,11-10+,14-13+,17-16+,23-21+. The molecule has 0 saturated carbocycles. The maximum Gasteiger partial charge on any atom is 0.0614 e. The van der Waals surface area contributed by atoms with Crippen LogP contribution in [0.4, 0.5) is 0 Å². The summed E-state index contributed by atoms with van der Waals surface area (Å²) in [4.78, 5) is 0. The van der Waals surface area contributed by atoms with E-state index in [1.54, 1.807) is 0 Å². The van der Waals surface area contributed by atoms with Gasteiger partial charge in [-0.15, -0.1) is 0 Å². The van der Waals surface area contributed by atoms with Crippen molar-refractivity contribution in [3.05, 3.63) is 72.4 Å². The van der Waals surface area contributed by atoms with Gasteiger partial charge in [0.2, 0.25) is 0 Å². The van der Waals surface area contributed by atoms with Gasteiger partial charge in [0.25, 0.3) is 0 Å². The lowest BCUT2D eigenvalue weighted by Crippen LogP contribution is -1.81. The zero-order valence-electron chi connectivity index (χ0n) is 15.7. The quantitative estimate of drug-likeness (QED) is 0.273. The van der Waals surface area contributed by atoms with Crippen LogP contribution in [0.5, 0.6) is 0 Å². The van der Waals surface area contributed by atoms with Crippen molar-refractivity contribution < 1.29 is 5.11 Å². The summed E-state index contributed by atoms with van der Waals surface area (Å²) in [5.74, 6) is 0. The van der Waals surface area contributed by atoms with Gasteiger partial charge in [-0.3, -0.25) is 0 Å². The second-order valence-electron chi connectivity index (χ2n) is 5.83. The summed E-state index contributed by atoms with van der Waals surface area (Å²) < 4.78 is 0. The highest BCUT2D eigenvalue weighted by atomic mass is 16.2. The summed E-state index contributed by atoms with van der Waals surface area (Å²) in [7, 11) is 0. The summed E-state index contributed by atoms with van der Waals surface area (Å²) in [6.45, 7) is 4.40. The van der Waals surface area contributed by atoms with Crippen LogP contribution >= 0.6 is 0 Å². The molecule has 0 aromatic carbocycles. The van der Waals surface area contributed by atoms with E-state index < -0.39 is 0 Å². The topological polar surface area (TPSA) is 20.2 Å². The van der Waals surface area contributed by atoms with Gasteiger partial charge in [-0.1, -0.05) is 79.3 Å². The molecule has 0 fully saturated rings. The van der Waals surface area contributed by atoms with E-state index in [2.05, 4.69) is 74.6 Å². The van der Waals surface area contributed by atoms with Crippen LogP contribution in [0.3, 0.4) is 0 Å². The van der Waals surface area contributed by atoms with Gasteiger partial charge in [-0.2, -0.15) is 0 Å². The van der Waals surface area contributed by atoms with E-state index in [4.69, 9.17) is 5.11 Å². The molecule has 0 aliphatic rings. The van der Waals surface area contributed by atoms with Crippen molar-refractivity contribution in [2.75, 3.05) is 6.61 Å². The Morgan fingerprint density at radius 2 is 1.17 bits per heavy atom. The van der Waals surface area contributed by atoms with E-state index in [1.165, 1.54) is 5.57 Å². The van der Waals surface area contributed by atoms with E-state index in [9.17, 15) is 0 Å². The molecule has 0 atom stereocenters. The molecule has 0 aliphatic heterocycles. The van der Waals surface area contributed by atoms with Gasteiger partial charge in [0, 0.05) is 0 Å². The average Bonchev–Trinajstić information content (AvgIpc) is 2.58. The van der Waals surface area contributed by atoms with Crippen molar-refractivity contribution in [2.24, 2.45) is 0 Å². The van der Waals surface area contributed by atoms with E-state index in [0.717, 1.165) is 51.4 Å². The largest absolute Gasteiger partial charge is 0.392 e. The number of aliphatic hydroxyl groups excluding tert-OH is 1. The van der Waals surface area contributed by atoms with Crippen LogP contribution in [0.1, 0.15) is 65.2 Å². The molecule has 0 rings (SSSR count). The maximum atomic E-state index is 8.77. The Morgan fingerprint density at radius 1 is 0.708 bits per heavy atom. The summed E-state index contributed by atoms with van der Waals surface area (Å²) in [5.41, 5.74) is 1.28. The van der Waals surface area contributed by atoms with Crippen LogP contribution in [0.2, 0.25) is 0 Å². The zero-order chi connectivity index (χ0) is 17.7. The van der Waals surface area contributed by atoms with Crippen molar-refractivity contribution in [3.63, 3.8) is 0 Å². The number of hydrogen-bond acceptors (Lipinski definition) is 1. The van der Waals surface area contributed by atoms with Crippen molar-refractivity contribution in [2.45, 2.75) is 65.2 Å². The van der Waals surface area contributed by atoms with Crippen LogP contribution in [0.15, 0.2) is 72.4 Å². The van der Waals surface area contributed by atoms with Gasteiger partial charge in [0.15, 0.2) is 0 Å². The molecule has 0 unspecified atom stereocenters. The van der Waals surface area contributed by atoms with Crippen LogP contribution in [-0.2, 0) is 0 Å². The van der Waals surface area contributed by atoms with Gasteiger partial charge < -0.3 is 5.11 Å². The molecule has 24 heavy (non-hydrogen) atoms. The molecule has 1 heteroatoms. The minimum absolute atomic E-state index is 0.160.